The Bertz CT molecular complexity index is 309. The lowest BCUT2D eigenvalue weighted by Gasteiger charge is -2.16. The van der Waals surface area contributed by atoms with Crippen molar-refractivity contribution in [2.45, 2.75) is 18.9 Å². The summed E-state index contributed by atoms with van der Waals surface area (Å²) in [6.45, 7) is 0. The average molecular weight is 189 g/mol. The molecular weight excluding hydrogens is 178 g/mol. The molecule has 2 N–H and O–H groups in total. The first-order chi connectivity index (χ1) is 5.54. The molecule has 0 saturated heterocycles. The Balaban J connectivity index is 2.05. The highest BCUT2D eigenvalue weighted by atomic mass is 32.2. The Labute approximate surface area is 71.7 Å². The normalized spacial score (nSPS) is 39.2. The molecule has 2 aliphatic carbocycles. The van der Waals surface area contributed by atoms with E-state index in [2.05, 4.69) is 6.08 Å². The number of rotatable bonds is 2. The van der Waals surface area contributed by atoms with Gasteiger partial charge >= 0.3 is 10.3 Å². The predicted molar refractivity (Wildman–Crippen MR) is 43.3 cm³/mol. The zero-order valence-electron chi connectivity index (χ0n) is 6.51. The molecule has 0 aromatic rings. The molecule has 0 spiro atoms. The summed E-state index contributed by atoms with van der Waals surface area (Å²) in [5.74, 6) is 0.759. The molecular formula is C7H11NO3S. The van der Waals surface area contributed by atoms with Crippen LogP contribution in [0.25, 0.3) is 0 Å². The second-order valence-corrected chi connectivity index (χ2v) is 4.59. The molecule has 0 amide bonds. The van der Waals surface area contributed by atoms with Crippen molar-refractivity contribution >= 4 is 10.3 Å². The van der Waals surface area contributed by atoms with E-state index < -0.39 is 10.3 Å². The SMILES string of the molecule is NS(=O)(=O)OC1CC2C=CC1C2. The molecule has 1 fully saturated rings. The first-order valence-electron chi connectivity index (χ1n) is 3.94. The van der Waals surface area contributed by atoms with Crippen molar-refractivity contribution in [1.82, 2.24) is 0 Å². The van der Waals surface area contributed by atoms with Crippen LogP contribution in [0.5, 0.6) is 0 Å². The third-order valence-electron chi connectivity index (χ3n) is 2.48. The maximum absolute atomic E-state index is 10.6. The van der Waals surface area contributed by atoms with Crippen molar-refractivity contribution in [2.75, 3.05) is 0 Å². The zero-order valence-corrected chi connectivity index (χ0v) is 7.33. The van der Waals surface area contributed by atoms with Crippen LogP contribution in [0.15, 0.2) is 12.2 Å². The first kappa shape index (κ1) is 8.22. The Morgan fingerprint density at radius 2 is 2.08 bits per heavy atom. The van der Waals surface area contributed by atoms with Crippen LogP contribution in [-0.2, 0) is 14.5 Å². The highest BCUT2D eigenvalue weighted by molar-refractivity contribution is 7.84. The number of nitrogens with two attached hydrogens (primary N) is 1. The number of hydrogen-bond acceptors (Lipinski definition) is 3. The van der Waals surface area contributed by atoms with Gasteiger partial charge in [0, 0.05) is 5.92 Å². The molecule has 68 valence electrons. The van der Waals surface area contributed by atoms with Crippen LogP contribution in [0.4, 0.5) is 0 Å². The van der Waals surface area contributed by atoms with E-state index in [9.17, 15) is 8.42 Å². The molecule has 3 atom stereocenters. The number of allylic oxidation sites excluding steroid dienone is 1. The van der Waals surface area contributed by atoms with Crippen molar-refractivity contribution in [3.05, 3.63) is 12.2 Å². The van der Waals surface area contributed by atoms with Crippen molar-refractivity contribution in [3.63, 3.8) is 0 Å². The Hall–Kier alpha value is -0.390. The van der Waals surface area contributed by atoms with E-state index in [1.54, 1.807) is 0 Å². The van der Waals surface area contributed by atoms with Crippen molar-refractivity contribution < 1.29 is 12.6 Å². The molecule has 1 saturated carbocycles. The molecule has 2 aliphatic rings. The first-order valence-corrected chi connectivity index (χ1v) is 5.41. The van der Waals surface area contributed by atoms with Crippen molar-refractivity contribution in [1.29, 1.82) is 0 Å². The van der Waals surface area contributed by atoms with Gasteiger partial charge in [0.15, 0.2) is 0 Å². The zero-order chi connectivity index (χ0) is 8.77. The van der Waals surface area contributed by atoms with Gasteiger partial charge in [-0.05, 0) is 18.8 Å². The summed E-state index contributed by atoms with van der Waals surface area (Å²) in [4.78, 5) is 0. The van der Waals surface area contributed by atoms with Crippen LogP contribution in [0.1, 0.15) is 12.8 Å². The van der Waals surface area contributed by atoms with E-state index in [0.29, 0.717) is 5.92 Å². The molecule has 4 nitrogen and oxygen atoms in total. The molecule has 12 heavy (non-hydrogen) atoms. The molecule has 0 aromatic carbocycles. The summed E-state index contributed by atoms with van der Waals surface area (Å²) >= 11 is 0. The van der Waals surface area contributed by atoms with Gasteiger partial charge in [-0.15, -0.1) is 0 Å². The summed E-state index contributed by atoms with van der Waals surface area (Å²) < 4.78 is 25.9. The fourth-order valence-corrected chi connectivity index (χ4v) is 2.58. The minimum Gasteiger partial charge on any atom is -0.254 e. The van der Waals surface area contributed by atoms with Crippen LogP contribution in [0.3, 0.4) is 0 Å². The van der Waals surface area contributed by atoms with Gasteiger partial charge in [0.1, 0.15) is 0 Å². The molecule has 5 heteroatoms. The Kier molecular flexibility index (Phi) is 1.75. The summed E-state index contributed by atoms with van der Waals surface area (Å²) in [7, 11) is -3.76. The van der Waals surface area contributed by atoms with Crippen LogP contribution in [-0.4, -0.2) is 14.5 Å². The lowest BCUT2D eigenvalue weighted by molar-refractivity contribution is 0.183. The van der Waals surface area contributed by atoms with Crippen LogP contribution >= 0.6 is 0 Å². The summed E-state index contributed by atoms with van der Waals surface area (Å²) in [5, 5.41) is 4.77. The van der Waals surface area contributed by atoms with Crippen LogP contribution in [0, 0.1) is 11.8 Å². The standard InChI is InChI=1S/C7H11NO3S/c8-12(9,10)11-7-4-5-1-2-6(7)3-5/h1-2,5-7H,3-4H2,(H2,8,9,10). The minimum atomic E-state index is -3.76. The van der Waals surface area contributed by atoms with E-state index in [1.165, 1.54) is 0 Å². The fraction of sp³-hybridized carbons (Fsp3) is 0.714. The highest BCUT2D eigenvalue weighted by Gasteiger charge is 2.38. The fourth-order valence-electron chi connectivity index (χ4n) is 2.01. The van der Waals surface area contributed by atoms with Gasteiger partial charge in [-0.3, -0.25) is 4.18 Å². The van der Waals surface area contributed by atoms with E-state index >= 15 is 0 Å². The highest BCUT2D eigenvalue weighted by Crippen LogP contribution is 2.40. The smallest absolute Gasteiger partial charge is 0.254 e. The number of fused-ring (bicyclic) bond motifs is 2. The third-order valence-corrected chi connectivity index (χ3v) is 2.99. The van der Waals surface area contributed by atoms with Crippen molar-refractivity contribution in [3.8, 4) is 0 Å². The molecule has 2 bridgehead atoms. The monoisotopic (exact) mass is 189 g/mol. The molecule has 0 aliphatic heterocycles. The topological polar surface area (TPSA) is 69.4 Å². The Morgan fingerprint density at radius 3 is 2.50 bits per heavy atom. The van der Waals surface area contributed by atoms with E-state index in [0.717, 1.165) is 12.8 Å². The lowest BCUT2D eigenvalue weighted by atomic mass is 10.1. The summed E-state index contributed by atoms with van der Waals surface area (Å²) in [6.07, 6.45) is 5.73. The van der Waals surface area contributed by atoms with E-state index in [-0.39, 0.29) is 12.0 Å². The molecule has 3 unspecified atom stereocenters. The number of hydrogen-bond donors (Lipinski definition) is 1. The van der Waals surface area contributed by atoms with Gasteiger partial charge in [-0.1, -0.05) is 12.2 Å². The minimum absolute atomic E-state index is 0.213. The Morgan fingerprint density at radius 1 is 1.33 bits per heavy atom. The summed E-state index contributed by atoms with van der Waals surface area (Å²) in [6, 6.07) is 0. The largest absolute Gasteiger partial charge is 0.333 e. The summed E-state index contributed by atoms with van der Waals surface area (Å²) in [5.41, 5.74) is 0. The van der Waals surface area contributed by atoms with Gasteiger partial charge in [0.2, 0.25) is 0 Å². The molecule has 0 heterocycles. The lowest BCUT2D eigenvalue weighted by Crippen LogP contribution is -2.26. The van der Waals surface area contributed by atoms with Gasteiger partial charge in [-0.25, -0.2) is 5.14 Å². The van der Waals surface area contributed by atoms with Crippen molar-refractivity contribution in [2.24, 2.45) is 17.0 Å². The second kappa shape index (κ2) is 2.55. The molecule has 2 rings (SSSR count). The van der Waals surface area contributed by atoms with Crippen LogP contribution in [0.2, 0.25) is 0 Å². The maximum atomic E-state index is 10.6. The molecule has 0 aromatic heterocycles. The maximum Gasteiger partial charge on any atom is 0.333 e. The third kappa shape index (κ3) is 1.53. The van der Waals surface area contributed by atoms with Gasteiger partial charge in [-0.2, -0.15) is 8.42 Å². The van der Waals surface area contributed by atoms with Gasteiger partial charge in [0.05, 0.1) is 6.10 Å². The van der Waals surface area contributed by atoms with Crippen LogP contribution < -0.4 is 5.14 Å². The quantitative estimate of drug-likeness (QED) is 0.629. The average Bonchev–Trinajstić information content (AvgIpc) is 2.42. The van der Waals surface area contributed by atoms with E-state index in [1.807, 2.05) is 6.08 Å². The van der Waals surface area contributed by atoms with Gasteiger partial charge < -0.3 is 0 Å². The predicted octanol–water partition coefficient (Wildman–Crippen LogP) is 0.171. The second-order valence-electron chi connectivity index (χ2n) is 3.41. The molecule has 0 radical (unpaired) electrons. The van der Waals surface area contributed by atoms with Gasteiger partial charge in [0.25, 0.3) is 0 Å². The van der Waals surface area contributed by atoms with E-state index in [4.69, 9.17) is 9.32 Å².